The minimum absolute atomic E-state index is 0.232. The summed E-state index contributed by atoms with van der Waals surface area (Å²) in [5.41, 5.74) is 3.83. The first-order chi connectivity index (χ1) is 17.0. The van der Waals surface area contributed by atoms with Crippen molar-refractivity contribution in [3.63, 3.8) is 0 Å². The van der Waals surface area contributed by atoms with Gasteiger partial charge in [0.05, 0.1) is 25.5 Å². The summed E-state index contributed by atoms with van der Waals surface area (Å²) in [4.78, 5) is 19.5. The van der Waals surface area contributed by atoms with Crippen LogP contribution in [0.25, 0.3) is 11.4 Å². The number of allylic oxidation sites excluding steroid dienone is 1. The summed E-state index contributed by atoms with van der Waals surface area (Å²) >= 11 is 1.60. The van der Waals surface area contributed by atoms with E-state index in [1.807, 2.05) is 73.8 Å². The quantitative estimate of drug-likeness (QED) is 0.386. The van der Waals surface area contributed by atoms with Gasteiger partial charge in [0.25, 0.3) is 5.91 Å². The van der Waals surface area contributed by atoms with Crippen molar-refractivity contribution in [2.45, 2.75) is 19.9 Å². The fourth-order valence-electron chi connectivity index (χ4n) is 4.15. The summed E-state index contributed by atoms with van der Waals surface area (Å²) in [6.07, 6.45) is 0. The van der Waals surface area contributed by atoms with Gasteiger partial charge in [-0.25, -0.2) is 4.68 Å². The highest BCUT2D eigenvalue weighted by Crippen LogP contribution is 2.40. The molecule has 0 spiro atoms. The predicted octanol–water partition coefficient (Wildman–Crippen LogP) is 5.26. The van der Waals surface area contributed by atoms with E-state index in [1.54, 1.807) is 30.2 Å². The normalized spacial score (nSPS) is 14.8. The molecule has 0 fully saturated rings. The average molecular weight is 488 g/mol. The number of nitrogens with one attached hydrogen (secondary N) is 2. The number of rotatable bonds is 6. The van der Waals surface area contributed by atoms with Crippen molar-refractivity contribution >= 4 is 28.9 Å². The number of thiophene rings is 1. The van der Waals surface area contributed by atoms with E-state index in [-0.39, 0.29) is 5.91 Å². The molecule has 35 heavy (non-hydrogen) atoms. The largest absolute Gasteiger partial charge is 0.497 e. The number of fused-ring (bicyclic) bond motifs is 1. The summed E-state index contributed by atoms with van der Waals surface area (Å²) in [5, 5.41) is 13.2. The number of hydrogen-bond acceptors (Lipinski definition) is 7. The minimum atomic E-state index is -0.430. The van der Waals surface area contributed by atoms with Crippen molar-refractivity contribution in [1.29, 1.82) is 0 Å². The molecule has 0 aliphatic carbocycles. The molecule has 1 aliphatic rings. The van der Waals surface area contributed by atoms with Gasteiger partial charge in [-0.05, 0) is 67.3 Å². The van der Waals surface area contributed by atoms with Crippen molar-refractivity contribution in [3.8, 4) is 22.9 Å². The first-order valence-corrected chi connectivity index (χ1v) is 11.9. The molecule has 1 atom stereocenters. The number of hydrogen-bond donors (Lipinski definition) is 2. The number of carbonyl (C=O) groups excluding carboxylic acids is 1. The lowest BCUT2D eigenvalue weighted by atomic mass is 9.98. The molecular weight excluding hydrogens is 462 g/mol. The van der Waals surface area contributed by atoms with E-state index >= 15 is 0 Å². The Labute approximate surface area is 207 Å². The Balaban J connectivity index is 1.57. The molecule has 0 saturated carbocycles. The van der Waals surface area contributed by atoms with E-state index in [4.69, 9.17) is 19.6 Å². The number of nitrogens with zero attached hydrogens (tertiary/aromatic N) is 3. The monoisotopic (exact) mass is 487 g/mol. The molecule has 4 aromatic rings. The Morgan fingerprint density at radius 2 is 1.83 bits per heavy atom. The number of carbonyl (C=O) groups is 1. The zero-order valence-electron chi connectivity index (χ0n) is 19.8. The molecule has 2 aromatic heterocycles. The number of methoxy groups -OCH3 is 2. The van der Waals surface area contributed by atoms with Gasteiger partial charge in [0.1, 0.15) is 17.5 Å². The molecule has 1 amide bonds. The molecule has 5 rings (SSSR count). The molecule has 2 aromatic carbocycles. The molecule has 178 valence electrons. The van der Waals surface area contributed by atoms with Gasteiger partial charge in [0.15, 0.2) is 5.82 Å². The van der Waals surface area contributed by atoms with Crippen LogP contribution in [0.1, 0.15) is 23.4 Å². The SMILES string of the molecule is COc1ccc(-c2nc3n(n2)C(c2sccc2C)C(C(=O)Nc2ccccc2OC)=C(C)N3)cc1. The van der Waals surface area contributed by atoms with Crippen LogP contribution in [0.15, 0.2) is 71.2 Å². The first-order valence-electron chi connectivity index (χ1n) is 11.1. The van der Waals surface area contributed by atoms with Crippen molar-refractivity contribution in [3.05, 3.63) is 81.7 Å². The summed E-state index contributed by atoms with van der Waals surface area (Å²) in [5.74, 6) is 2.27. The topological polar surface area (TPSA) is 90.3 Å². The summed E-state index contributed by atoms with van der Waals surface area (Å²) in [6.45, 7) is 3.93. The second kappa shape index (κ2) is 9.27. The summed E-state index contributed by atoms with van der Waals surface area (Å²) < 4.78 is 12.5. The second-order valence-corrected chi connectivity index (χ2v) is 9.07. The minimum Gasteiger partial charge on any atom is -0.497 e. The van der Waals surface area contributed by atoms with Gasteiger partial charge in [-0.3, -0.25) is 4.79 Å². The second-order valence-electron chi connectivity index (χ2n) is 8.12. The zero-order chi connectivity index (χ0) is 24.5. The van der Waals surface area contributed by atoms with Crippen molar-refractivity contribution in [2.75, 3.05) is 24.9 Å². The van der Waals surface area contributed by atoms with E-state index in [0.29, 0.717) is 28.8 Å². The highest BCUT2D eigenvalue weighted by molar-refractivity contribution is 7.10. The maximum absolute atomic E-state index is 13.7. The lowest BCUT2D eigenvalue weighted by Gasteiger charge is -2.28. The van der Waals surface area contributed by atoms with Crippen LogP contribution in [0.5, 0.6) is 11.5 Å². The van der Waals surface area contributed by atoms with Gasteiger partial charge in [0, 0.05) is 16.1 Å². The fraction of sp³-hybridized carbons (Fsp3) is 0.192. The van der Waals surface area contributed by atoms with Gasteiger partial charge < -0.3 is 20.1 Å². The third kappa shape index (κ3) is 4.15. The molecule has 1 aliphatic heterocycles. The third-order valence-electron chi connectivity index (χ3n) is 5.95. The number of aromatic nitrogens is 3. The van der Waals surface area contributed by atoms with Gasteiger partial charge in [0.2, 0.25) is 5.95 Å². The van der Waals surface area contributed by atoms with Gasteiger partial charge >= 0.3 is 0 Å². The van der Waals surface area contributed by atoms with E-state index in [2.05, 4.69) is 10.6 Å². The fourth-order valence-corrected chi connectivity index (χ4v) is 5.17. The van der Waals surface area contributed by atoms with Crippen LogP contribution in [-0.2, 0) is 4.79 Å². The van der Waals surface area contributed by atoms with Gasteiger partial charge in [-0.15, -0.1) is 16.4 Å². The van der Waals surface area contributed by atoms with E-state index in [1.165, 1.54) is 0 Å². The van der Waals surface area contributed by atoms with E-state index < -0.39 is 6.04 Å². The predicted molar refractivity (Wildman–Crippen MR) is 137 cm³/mol. The van der Waals surface area contributed by atoms with Crippen LogP contribution in [0.4, 0.5) is 11.6 Å². The Hall–Kier alpha value is -4.11. The Morgan fingerprint density at radius 1 is 1.06 bits per heavy atom. The third-order valence-corrected chi connectivity index (χ3v) is 7.02. The van der Waals surface area contributed by atoms with Crippen LogP contribution in [0.3, 0.4) is 0 Å². The van der Waals surface area contributed by atoms with Gasteiger partial charge in [-0.1, -0.05) is 12.1 Å². The lowest BCUT2D eigenvalue weighted by molar-refractivity contribution is -0.113. The number of ether oxygens (including phenoxy) is 2. The van der Waals surface area contributed by atoms with Crippen LogP contribution >= 0.6 is 11.3 Å². The Kier molecular flexibility index (Phi) is 6.00. The Bertz CT molecular complexity index is 1420. The lowest BCUT2D eigenvalue weighted by Crippen LogP contribution is -2.31. The van der Waals surface area contributed by atoms with Crippen LogP contribution in [0, 0.1) is 6.92 Å². The first kappa shape index (κ1) is 22.7. The highest BCUT2D eigenvalue weighted by atomic mass is 32.1. The number of amides is 1. The van der Waals surface area contributed by atoms with Gasteiger partial charge in [-0.2, -0.15) is 4.98 Å². The zero-order valence-corrected chi connectivity index (χ0v) is 20.6. The molecular formula is C26H25N5O3S. The smallest absolute Gasteiger partial charge is 0.256 e. The maximum atomic E-state index is 13.7. The summed E-state index contributed by atoms with van der Waals surface area (Å²) in [6, 6.07) is 16.6. The Morgan fingerprint density at radius 3 is 2.51 bits per heavy atom. The summed E-state index contributed by atoms with van der Waals surface area (Å²) in [7, 11) is 3.21. The number of para-hydroxylation sites is 2. The molecule has 9 heteroatoms. The van der Waals surface area contributed by atoms with Crippen molar-refractivity contribution < 1.29 is 14.3 Å². The molecule has 0 radical (unpaired) electrons. The highest BCUT2D eigenvalue weighted by Gasteiger charge is 2.36. The molecule has 8 nitrogen and oxygen atoms in total. The standard InChI is InChI=1S/C26H25N5O3S/c1-15-13-14-35-23(15)22-21(25(32)28-19-7-5-6-8-20(19)34-4)16(2)27-26-29-24(30-31(22)26)17-9-11-18(33-3)12-10-17/h5-14,22H,1-4H3,(H,28,32)(H,27,29,30). The molecule has 0 bridgehead atoms. The van der Waals surface area contributed by atoms with E-state index in [9.17, 15) is 4.79 Å². The molecule has 2 N–H and O–H groups in total. The van der Waals surface area contributed by atoms with Crippen molar-refractivity contribution in [1.82, 2.24) is 14.8 Å². The molecule has 0 saturated heterocycles. The van der Waals surface area contributed by atoms with Crippen LogP contribution < -0.4 is 20.1 Å². The van der Waals surface area contributed by atoms with Crippen molar-refractivity contribution in [2.24, 2.45) is 0 Å². The van der Waals surface area contributed by atoms with E-state index in [0.717, 1.165) is 27.5 Å². The number of benzene rings is 2. The van der Waals surface area contributed by atoms with Crippen LogP contribution in [0.2, 0.25) is 0 Å². The van der Waals surface area contributed by atoms with Crippen LogP contribution in [-0.4, -0.2) is 34.9 Å². The molecule has 1 unspecified atom stereocenters. The molecule has 3 heterocycles. The number of aryl methyl sites for hydroxylation is 1. The average Bonchev–Trinajstić information content (AvgIpc) is 3.49. The maximum Gasteiger partial charge on any atom is 0.256 e. The number of anilines is 2.